The lowest BCUT2D eigenvalue weighted by Crippen LogP contribution is -2.29. The highest BCUT2D eigenvalue weighted by Gasteiger charge is 2.47. The lowest BCUT2D eigenvalue weighted by molar-refractivity contribution is -0.140. The van der Waals surface area contributed by atoms with Gasteiger partial charge in [-0.25, -0.2) is 0 Å². The molecule has 0 aliphatic carbocycles. The van der Waals surface area contributed by atoms with Crippen LogP contribution >= 0.6 is 0 Å². The number of aliphatic hydroxyl groups is 1. The molecule has 1 amide bonds. The van der Waals surface area contributed by atoms with Gasteiger partial charge in [0.15, 0.2) is 0 Å². The number of methoxy groups -OCH3 is 1. The number of rotatable bonds is 5. The van der Waals surface area contributed by atoms with E-state index < -0.39 is 17.7 Å². The summed E-state index contributed by atoms with van der Waals surface area (Å²) in [5.74, 6) is -1.01. The van der Waals surface area contributed by atoms with E-state index in [2.05, 4.69) is 4.98 Å². The maximum absolute atomic E-state index is 13.0. The second-order valence-electron chi connectivity index (χ2n) is 7.01. The SMILES string of the molecule is COc1ccc(C)cc1/C(O)=C1/C(=O)C(=O)N(Cc2cccnc2)C1c1ccco1. The summed E-state index contributed by atoms with van der Waals surface area (Å²) in [6.45, 7) is 2.01. The predicted octanol–water partition coefficient (Wildman–Crippen LogP) is 3.61. The number of hydrogen-bond donors (Lipinski definition) is 1. The lowest BCUT2D eigenvalue weighted by Gasteiger charge is -2.23. The fraction of sp³-hybridized carbons (Fsp3) is 0.174. The molecule has 3 heterocycles. The summed E-state index contributed by atoms with van der Waals surface area (Å²) in [5.41, 5.74) is 1.93. The zero-order valence-corrected chi connectivity index (χ0v) is 16.5. The van der Waals surface area contributed by atoms with Gasteiger partial charge in [0, 0.05) is 18.9 Å². The second-order valence-corrected chi connectivity index (χ2v) is 7.01. The molecule has 3 aromatic rings. The predicted molar refractivity (Wildman–Crippen MR) is 109 cm³/mol. The van der Waals surface area contributed by atoms with E-state index in [0.29, 0.717) is 17.1 Å². The van der Waals surface area contributed by atoms with Crippen molar-refractivity contribution in [3.8, 4) is 5.75 Å². The highest BCUT2D eigenvalue weighted by Crippen LogP contribution is 2.41. The van der Waals surface area contributed by atoms with Crippen LogP contribution < -0.4 is 4.74 Å². The molecule has 1 unspecified atom stereocenters. The Kier molecular flexibility index (Phi) is 5.10. The minimum absolute atomic E-state index is 0.0391. The Morgan fingerprint density at radius 2 is 2.07 bits per heavy atom. The van der Waals surface area contributed by atoms with Gasteiger partial charge < -0.3 is 19.2 Å². The Morgan fingerprint density at radius 3 is 2.73 bits per heavy atom. The lowest BCUT2D eigenvalue weighted by atomic mass is 9.98. The largest absolute Gasteiger partial charge is 0.507 e. The number of Topliss-reactive ketones (excluding diaryl/α,β-unsaturated/α-hetero) is 1. The summed E-state index contributed by atoms with van der Waals surface area (Å²) in [5, 5.41) is 11.1. The molecule has 0 saturated carbocycles. The fourth-order valence-corrected chi connectivity index (χ4v) is 3.63. The number of carbonyl (C=O) groups is 2. The monoisotopic (exact) mass is 404 g/mol. The molecule has 1 N–H and O–H groups in total. The van der Waals surface area contributed by atoms with Gasteiger partial charge in [-0.3, -0.25) is 14.6 Å². The van der Waals surface area contributed by atoms with Crippen LogP contribution in [0.1, 0.15) is 28.5 Å². The average Bonchev–Trinajstić information content (AvgIpc) is 3.37. The standard InChI is InChI=1S/C23H20N2O5/c1-14-7-8-17(29-2)16(11-14)21(26)19-20(18-6-4-10-30-18)25(23(28)22(19)27)13-15-5-3-9-24-12-15/h3-12,20,26H,13H2,1-2H3/b21-19-. The summed E-state index contributed by atoms with van der Waals surface area (Å²) in [6, 6.07) is 11.3. The number of carbonyl (C=O) groups excluding carboxylic acids is 2. The highest BCUT2D eigenvalue weighted by atomic mass is 16.5. The van der Waals surface area contributed by atoms with Crippen molar-refractivity contribution in [3.63, 3.8) is 0 Å². The number of aryl methyl sites for hydroxylation is 1. The summed E-state index contributed by atoms with van der Waals surface area (Å²) in [4.78, 5) is 31.4. The normalized spacial score (nSPS) is 18.1. The number of ketones is 1. The van der Waals surface area contributed by atoms with Crippen molar-refractivity contribution >= 4 is 17.4 Å². The van der Waals surface area contributed by atoms with Gasteiger partial charge in [-0.05, 0) is 42.8 Å². The molecule has 4 rings (SSSR count). The van der Waals surface area contributed by atoms with Crippen LogP contribution in [0.15, 0.2) is 71.1 Å². The van der Waals surface area contributed by atoms with E-state index in [9.17, 15) is 14.7 Å². The molecule has 1 aliphatic heterocycles. The third-order valence-electron chi connectivity index (χ3n) is 5.04. The van der Waals surface area contributed by atoms with Gasteiger partial charge in [0.1, 0.15) is 23.3 Å². The number of aromatic nitrogens is 1. The molecule has 1 aliphatic rings. The minimum atomic E-state index is -0.870. The first-order chi connectivity index (χ1) is 14.5. The van der Waals surface area contributed by atoms with E-state index in [4.69, 9.17) is 9.15 Å². The third-order valence-corrected chi connectivity index (χ3v) is 5.04. The van der Waals surface area contributed by atoms with Crippen molar-refractivity contribution in [2.45, 2.75) is 19.5 Å². The highest BCUT2D eigenvalue weighted by molar-refractivity contribution is 6.46. The molecule has 1 aromatic carbocycles. The van der Waals surface area contributed by atoms with Crippen LogP contribution in [0.5, 0.6) is 5.75 Å². The van der Waals surface area contributed by atoms with Crippen molar-refractivity contribution in [1.82, 2.24) is 9.88 Å². The van der Waals surface area contributed by atoms with Crippen molar-refractivity contribution in [2.75, 3.05) is 7.11 Å². The van der Waals surface area contributed by atoms with Crippen molar-refractivity contribution in [2.24, 2.45) is 0 Å². The van der Waals surface area contributed by atoms with E-state index >= 15 is 0 Å². The van der Waals surface area contributed by atoms with E-state index in [1.807, 2.05) is 19.1 Å². The number of ether oxygens (including phenoxy) is 1. The van der Waals surface area contributed by atoms with Crippen molar-refractivity contribution in [1.29, 1.82) is 0 Å². The van der Waals surface area contributed by atoms with Crippen LogP contribution in [0, 0.1) is 6.92 Å². The number of likely N-dealkylation sites (tertiary alicyclic amines) is 1. The molecular formula is C23H20N2O5. The number of benzene rings is 1. The Morgan fingerprint density at radius 1 is 1.23 bits per heavy atom. The third kappa shape index (κ3) is 3.34. The zero-order valence-electron chi connectivity index (χ0n) is 16.5. The smallest absolute Gasteiger partial charge is 0.296 e. The Bertz CT molecular complexity index is 1120. The number of aliphatic hydroxyl groups excluding tert-OH is 1. The molecule has 152 valence electrons. The van der Waals surface area contributed by atoms with Gasteiger partial charge in [0.05, 0.1) is 24.5 Å². The number of hydrogen-bond acceptors (Lipinski definition) is 6. The van der Waals surface area contributed by atoms with Crippen molar-refractivity contribution in [3.05, 3.63) is 89.1 Å². The Hall–Kier alpha value is -3.87. The quantitative estimate of drug-likeness (QED) is 0.397. The molecule has 7 heteroatoms. The van der Waals surface area contributed by atoms with Gasteiger partial charge in [-0.2, -0.15) is 0 Å². The van der Waals surface area contributed by atoms with E-state index in [1.54, 1.807) is 42.7 Å². The van der Waals surface area contributed by atoms with Crippen LogP contribution in [-0.4, -0.2) is 33.8 Å². The van der Waals surface area contributed by atoms with Gasteiger partial charge in [-0.1, -0.05) is 17.7 Å². The van der Waals surface area contributed by atoms with Crippen LogP contribution in [0.25, 0.3) is 5.76 Å². The number of amides is 1. The summed E-state index contributed by atoms with van der Waals surface area (Å²) in [7, 11) is 1.48. The van der Waals surface area contributed by atoms with Crippen LogP contribution in [0.4, 0.5) is 0 Å². The molecule has 1 atom stereocenters. The molecule has 0 radical (unpaired) electrons. The summed E-state index contributed by atoms with van der Waals surface area (Å²) in [6.07, 6.45) is 4.72. The van der Waals surface area contributed by atoms with E-state index in [0.717, 1.165) is 11.1 Å². The number of furan rings is 1. The second kappa shape index (κ2) is 7.87. The first kappa shape index (κ1) is 19.4. The summed E-state index contributed by atoms with van der Waals surface area (Å²) >= 11 is 0. The van der Waals surface area contributed by atoms with E-state index in [1.165, 1.54) is 18.3 Å². The van der Waals surface area contributed by atoms with Crippen LogP contribution in [0.3, 0.4) is 0 Å². The fourth-order valence-electron chi connectivity index (χ4n) is 3.63. The maximum atomic E-state index is 13.0. The Labute approximate surface area is 173 Å². The van der Waals surface area contributed by atoms with Crippen LogP contribution in [-0.2, 0) is 16.1 Å². The topological polar surface area (TPSA) is 92.9 Å². The van der Waals surface area contributed by atoms with Gasteiger partial charge >= 0.3 is 0 Å². The molecule has 7 nitrogen and oxygen atoms in total. The molecule has 0 bridgehead atoms. The molecule has 1 fully saturated rings. The van der Waals surface area contributed by atoms with Gasteiger partial charge in [0.25, 0.3) is 11.7 Å². The molecule has 1 saturated heterocycles. The van der Waals surface area contributed by atoms with Gasteiger partial charge in [0.2, 0.25) is 0 Å². The zero-order chi connectivity index (χ0) is 21.3. The van der Waals surface area contributed by atoms with Crippen molar-refractivity contribution < 1.29 is 23.8 Å². The van der Waals surface area contributed by atoms with E-state index in [-0.39, 0.29) is 17.9 Å². The van der Waals surface area contributed by atoms with Crippen LogP contribution in [0.2, 0.25) is 0 Å². The first-order valence-corrected chi connectivity index (χ1v) is 9.37. The average molecular weight is 404 g/mol. The Balaban J connectivity index is 1.88. The first-order valence-electron chi connectivity index (χ1n) is 9.37. The minimum Gasteiger partial charge on any atom is -0.507 e. The number of pyridine rings is 1. The maximum Gasteiger partial charge on any atom is 0.296 e. The molecule has 30 heavy (non-hydrogen) atoms. The molecule has 0 spiro atoms. The molecule has 2 aromatic heterocycles. The van der Waals surface area contributed by atoms with Gasteiger partial charge in [-0.15, -0.1) is 0 Å². The number of nitrogens with zero attached hydrogens (tertiary/aromatic N) is 2. The summed E-state index contributed by atoms with van der Waals surface area (Å²) < 4.78 is 10.9. The molecular weight excluding hydrogens is 384 g/mol.